The van der Waals surface area contributed by atoms with Crippen molar-refractivity contribution >= 4 is 23.2 Å². The van der Waals surface area contributed by atoms with Gasteiger partial charge in [0.05, 0.1) is 19.2 Å². The van der Waals surface area contributed by atoms with E-state index in [2.05, 4.69) is 5.32 Å². The third-order valence-corrected chi connectivity index (χ3v) is 3.93. The average Bonchev–Trinajstić information content (AvgIpc) is 2.83. The molecule has 3 rings (SSSR count). The van der Waals surface area contributed by atoms with Crippen LogP contribution < -0.4 is 15.0 Å². The van der Waals surface area contributed by atoms with Gasteiger partial charge in [-0.15, -0.1) is 0 Å². The quantitative estimate of drug-likeness (QED) is 0.882. The zero-order valence-corrected chi connectivity index (χ0v) is 13.1. The van der Waals surface area contributed by atoms with Gasteiger partial charge in [0, 0.05) is 11.8 Å². The SMILES string of the molecule is COc1cccc(N2C(=O)C[C@H](Nc3ccccc3C)C2=O)c1. The molecule has 118 valence electrons. The minimum Gasteiger partial charge on any atom is -0.497 e. The largest absolute Gasteiger partial charge is 0.497 e. The van der Waals surface area contributed by atoms with Gasteiger partial charge in [-0.05, 0) is 30.7 Å². The standard InChI is InChI=1S/C18H18N2O3/c1-12-6-3-4-9-15(12)19-16-11-17(21)20(18(16)22)13-7-5-8-14(10-13)23-2/h3-10,16,19H,11H2,1-2H3/t16-/m0/s1. The maximum atomic E-state index is 12.6. The summed E-state index contributed by atoms with van der Waals surface area (Å²) in [5, 5.41) is 3.17. The first-order chi connectivity index (χ1) is 11.1. The van der Waals surface area contributed by atoms with Crippen LogP contribution in [0.1, 0.15) is 12.0 Å². The van der Waals surface area contributed by atoms with Crippen molar-refractivity contribution < 1.29 is 14.3 Å². The van der Waals surface area contributed by atoms with Crippen molar-refractivity contribution in [1.82, 2.24) is 0 Å². The van der Waals surface area contributed by atoms with Crippen molar-refractivity contribution in [3.8, 4) is 5.75 Å². The Morgan fingerprint density at radius 1 is 1.13 bits per heavy atom. The van der Waals surface area contributed by atoms with Gasteiger partial charge in [-0.3, -0.25) is 9.59 Å². The zero-order valence-electron chi connectivity index (χ0n) is 13.1. The van der Waals surface area contributed by atoms with Crippen LogP contribution in [0.3, 0.4) is 0 Å². The number of hydrogen-bond acceptors (Lipinski definition) is 4. The average molecular weight is 310 g/mol. The summed E-state index contributed by atoms with van der Waals surface area (Å²) in [6, 6.07) is 14.1. The molecule has 0 spiro atoms. The minimum absolute atomic E-state index is 0.143. The Hall–Kier alpha value is -2.82. The van der Waals surface area contributed by atoms with Crippen molar-refractivity contribution in [3.05, 3.63) is 54.1 Å². The van der Waals surface area contributed by atoms with E-state index >= 15 is 0 Å². The Balaban J connectivity index is 1.84. The molecule has 1 atom stereocenters. The summed E-state index contributed by atoms with van der Waals surface area (Å²) in [7, 11) is 1.55. The van der Waals surface area contributed by atoms with Crippen LogP contribution in [0, 0.1) is 6.92 Å². The number of anilines is 2. The third-order valence-electron chi connectivity index (χ3n) is 3.93. The van der Waals surface area contributed by atoms with E-state index in [-0.39, 0.29) is 18.2 Å². The molecule has 2 amide bonds. The van der Waals surface area contributed by atoms with Gasteiger partial charge in [-0.1, -0.05) is 24.3 Å². The predicted molar refractivity (Wildman–Crippen MR) is 88.7 cm³/mol. The van der Waals surface area contributed by atoms with Gasteiger partial charge < -0.3 is 10.1 Å². The van der Waals surface area contributed by atoms with Gasteiger partial charge in [-0.25, -0.2) is 4.90 Å². The lowest BCUT2D eigenvalue weighted by molar-refractivity contribution is -0.121. The van der Waals surface area contributed by atoms with E-state index in [0.717, 1.165) is 11.3 Å². The summed E-state index contributed by atoms with van der Waals surface area (Å²) < 4.78 is 5.16. The molecule has 1 saturated heterocycles. The molecule has 23 heavy (non-hydrogen) atoms. The number of ether oxygens (including phenoxy) is 1. The van der Waals surface area contributed by atoms with E-state index in [1.54, 1.807) is 31.4 Å². The van der Waals surface area contributed by atoms with Crippen molar-refractivity contribution in [2.45, 2.75) is 19.4 Å². The first kappa shape index (κ1) is 15.1. The highest BCUT2D eigenvalue weighted by Gasteiger charge is 2.39. The van der Waals surface area contributed by atoms with Crippen LogP contribution in [-0.2, 0) is 9.59 Å². The normalized spacial score (nSPS) is 17.5. The number of imide groups is 1. The second-order valence-electron chi connectivity index (χ2n) is 5.48. The molecular weight excluding hydrogens is 292 g/mol. The lowest BCUT2D eigenvalue weighted by Crippen LogP contribution is -2.34. The molecule has 1 aliphatic rings. The van der Waals surface area contributed by atoms with Gasteiger partial charge in [0.2, 0.25) is 5.91 Å². The number of benzene rings is 2. The summed E-state index contributed by atoms with van der Waals surface area (Å²) >= 11 is 0. The molecule has 0 aromatic heterocycles. The molecule has 2 aromatic rings. The van der Waals surface area contributed by atoms with E-state index in [9.17, 15) is 9.59 Å². The second-order valence-corrected chi connectivity index (χ2v) is 5.48. The van der Waals surface area contributed by atoms with Crippen molar-refractivity contribution in [2.75, 3.05) is 17.3 Å². The Labute approximate surface area is 134 Å². The number of nitrogens with one attached hydrogen (secondary N) is 1. The summed E-state index contributed by atoms with van der Waals surface area (Å²) in [6.07, 6.45) is 0.143. The van der Waals surface area contributed by atoms with Crippen LogP contribution in [0.5, 0.6) is 5.75 Å². The summed E-state index contributed by atoms with van der Waals surface area (Å²) in [4.78, 5) is 26.1. The summed E-state index contributed by atoms with van der Waals surface area (Å²) in [6.45, 7) is 1.96. The first-order valence-electron chi connectivity index (χ1n) is 7.43. The fourth-order valence-electron chi connectivity index (χ4n) is 2.69. The molecular formula is C18H18N2O3. The monoisotopic (exact) mass is 310 g/mol. The molecule has 0 saturated carbocycles. The maximum Gasteiger partial charge on any atom is 0.256 e. The number of carbonyl (C=O) groups is 2. The molecule has 0 bridgehead atoms. The maximum absolute atomic E-state index is 12.6. The van der Waals surface area contributed by atoms with Gasteiger partial charge in [0.1, 0.15) is 11.8 Å². The van der Waals surface area contributed by atoms with E-state index in [0.29, 0.717) is 11.4 Å². The number of hydrogen-bond donors (Lipinski definition) is 1. The van der Waals surface area contributed by atoms with Crippen LogP contribution in [0.2, 0.25) is 0 Å². The highest BCUT2D eigenvalue weighted by Crippen LogP contribution is 2.28. The van der Waals surface area contributed by atoms with Crippen molar-refractivity contribution in [1.29, 1.82) is 0 Å². The molecule has 1 aliphatic heterocycles. The van der Waals surface area contributed by atoms with Gasteiger partial charge >= 0.3 is 0 Å². The highest BCUT2D eigenvalue weighted by molar-refractivity contribution is 6.23. The fourth-order valence-corrected chi connectivity index (χ4v) is 2.69. The number of methoxy groups -OCH3 is 1. The topological polar surface area (TPSA) is 58.6 Å². The Kier molecular flexibility index (Phi) is 4.02. The number of para-hydroxylation sites is 1. The van der Waals surface area contributed by atoms with E-state index in [1.165, 1.54) is 4.90 Å². The molecule has 0 unspecified atom stereocenters. The Morgan fingerprint density at radius 3 is 2.65 bits per heavy atom. The number of aryl methyl sites for hydroxylation is 1. The number of carbonyl (C=O) groups excluding carboxylic acids is 2. The Morgan fingerprint density at radius 2 is 1.91 bits per heavy atom. The number of amides is 2. The number of nitrogens with zero attached hydrogens (tertiary/aromatic N) is 1. The van der Waals surface area contributed by atoms with Gasteiger partial charge in [0.15, 0.2) is 0 Å². The van der Waals surface area contributed by atoms with Crippen LogP contribution >= 0.6 is 0 Å². The predicted octanol–water partition coefficient (Wildman–Crippen LogP) is 2.75. The molecule has 1 heterocycles. The molecule has 1 fully saturated rings. The van der Waals surface area contributed by atoms with Crippen molar-refractivity contribution in [3.63, 3.8) is 0 Å². The zero-order chi connectivity index (χ0) is 16.4. The second kappa shape index (κ2) is 6.12. The molecule has 1 N–H and O–H groups in total. The summed E-state index contributed by atoms with van der Waals surface area (Å²) in [5.74, 6) is 0.152. The molecule has 5 nitrogen and oxygen atoms in total. The minimum atomic E-state index is -0.546. The molecule has 0 radical (unpaired) electrons. The number of rotatable bonds is 4. The first-order valence-corrected chi connectivity index (χ1v) is 7.43. The van der Waals surface area contributed by atoms with E-state index < -0.39 is 6.04 Å². The van der Waals surface area contributed by atoms with Crippen molar-refractivity contribution in [2.24, 2.45) is 0 Å². The van der Waals surface area contributed by atoms with E-state index in [1.807, 2.05) is 31.2 Å². The lowest BCUT2D eigenvalue weighted by atomic mass is 10.1. The van der Waals surface area contributed by atoms with Crippen LogP contribution in [0.15, 0.2) is 48.5 Å². The van der Waals surface area contributed by atoms with E-state index in [4.69, 9.17) is 4.74 Å². The van der Waals surface area contributed by atoms with Gasteiger partial charge in [-0.2, -0.15) is 0 Å². The fraction of sp³-hybridized carbons (Fsp3) is 0.222. The van der Waals surface area contributed by atoms with Crippen LogP contribution in [0.25, 0.3) is 0 Å². The smallest absolute Gasteiger partial charge is 0.256 e. The van der Waals surface area contributed by atoms with Gasteiger partial charge in [0.25, 0.3) is 5.91 Å². The molecule has 5 heteroatoms. The third kappa shape index (κ3) is 2.90. The Bertz CT molecular complexity index is 757. The molecule has 0 aliphatic carbocycles. The molecule has 2 aromatic carbocycles. The summed E-state index contributed by atoms with van der Waals surface area (Å²) in [5.41, 5.74) is 2.44. The van der Waals surface area contributed by atoms with Crippen LogP contribution in [-0.4, -0.2) is 25.0 Å². The van der Waals surface area contributed by atoms with Crippen LogP contribution in [0.4, 0.5) is 11.4 Å². The lowest BCUT2D eigenvalue weighted by Gasteiger charge is -2.17. The highest BCUT2D eigenvalue weighted by atomic mass is 16.5.